The van der Waals surface area contributed by atoms with Gasteiger partial charge in [0, 0.05) is 11.4 Å². The lowest BCUT2D eigenvalue weighted by Gasteiger charge is -2.12. The molecular formula is C20H18N4O. The minimum atomic E-state index is -0.371. The molecular weight excluding hydrogens is 312 g/mol. The number of nitrogens with one attached hydrogen (secondary N) is 3. The fourth-order valence-corrected chi connectivity index (χ4v) is 2.17. The first kappa shape index (κ1) is 16.3. The number of carbonyl (C=O) groups is 1. The van der Waals surface area contributed by atoms with Crippen LogP contribution in [-0.2, 0) is 0 Å². The first-order valence-electron chi connectivity index (χ1n) is 7.88. The molecule has 5 nitrogen and oxygen atoms in total. The second kappa shape index (κ2) is 8.31. The molecule has 5 heteroatoms. The number of urea groups is 1. The summed E-state index contributed by atoms with van der Waals surface area (Å²) in [6, 6.07) is 27.8. The van der Waals surface area contributed by atoms with Crippen LogP contribution in [-0.4, -0.2) is 12.0 Å². The Morgan fingerprint density at radius 2 is 1.12 bits per heavy atom. The molecule has 0 heterocycles. The van der Waals surface area contributed by atoms with Crippen molar-refractivity contribution in [2.75, 3.05) is 10.6 Å². The summed E-state index contributed by atoms with van der Waals surface area (Å²) >= 11 is 0. The van der Waals surface area contributed by atoms with Gasteiger partial charge in [0.15, 0.2) is 0 Å². The van der Waals surface area contributed by atoms with Crippen molar-refractivity contribution in [3.05, 3.63) is 91.0 Å². The normalized spacial score (nSPS) is 10.8. The highest BCUT2D eigenvalue weighted by Crippen LogP contribution is 2.12. The van der Waals surface area contributed by atoms with Gasteiger partial charge < -0.3 is 10.6 Å². The average molecular weight is 330 g/mol. The SMILES string of the molecule is O=C(NC(=Nc1ccccc1)Nc1ccccc1)Nc1ccccc1. The van der Waals surface area contributed by atoms with Crippen LogP contribution in [0.5, 0.6) is 0 Å². The van der Waals surface area contributed by atoms with E-state index in [4.69, 9.17) is 0 Å². The van der Waals surface area contributed by atoms with Gasteiger partial charge in [0.05, 0.1) is 5.69 Å². The largest absolute Gasteiger partial charge is 0.326 e. The molecule has 2 amide bonds. The van der Waals surface area contributed by atoms with E-state index in [2.05, 4.69) is 20.9 Å². The van der Waals surface area contributed by atoms with Gasteiger partial charge in [0.25, 0.3) is 0 Å². The molecule has 0 radical (unpaired) electrons. The molecule has 0 unspecified atom stereocenters. The molecule has 0 atom stereocenters. The van der Waals surface area contributed by atoms with Crippen molar-refractivity contribution in [1.82, 2.24) is 5.32 Å². The highest BCUT2D eigenvalue weighted by molar-refractivity contribution is 6.08. The predicted molar refractivity (Wildman–Crippen MR) is 102 cm³/mol. The van der Waals surface area contributed by atoms with Crippen LogP contribution in [0.25, 0.3) is 0 Å². The van der Waals surface area contributed by atoms with Gasteiger partial charge in [0.1, 0.15) is 0 Å². The van der Waals surface area contributed by atoms with Gasteiger partial charge in [-0.25, -0.2) is 9.79 Å². The molecule has 3 aromatic rings. The maximum Gasteiger partial charge on any atom is 0.326 e. The van der Waals surface area contributed by atoms with E-state index in [1.54, 1.807) is 0 Å². The zero-order chi connectivity index (χ0) is 17.3. The molecule has 0 saturated carbocycles. The summed E-state index contributed by atoms with van der Waals surface area (Å²) in [6.45, 7) is 0. The zero-order valence-electron chi connectivity index (χ0n) is 13.5. The van der Waals surface area contributed by atoms with E-state index >= 15 is 0 Å². The number of amides is 2. The highest BCUT2D eigenvalue weighted by atomic mass is 16.2. The van der Waals surface area contributed by atoms with Crippen LogP contribution in [0.2, 0.25) is 0 Å². The topological polar surface area (TPSA) is 65.5 Å². The highest BCUT2D eigenvalue weighted by Gasteiger charge is 2.07. The van der Waals surface area contributed by atoms with Crippen LogP contribution in [0.4, 0.5) is 21.9 Å². The van der Waals surface area contributed by atoms with Crippen LogP contribution in [0.1, 0.15) is 0 Å². The lowest BCUT2D eigenvalue weighted by atomic mass is 10.3. The maximum atomic E-state index is 12.3. The molecule has 124 valence electrons. The summed E-state index contributed by atoms with van der Waals surface area (Å²) in [5.41, 5.74) is 2.27. The Morgan fingerprint density at radius 1 is 0.640 bits per heavy atom. The monoisotopic (exact) mass is 330 g/mol. The van der Waals surface area contributed by atoms with Gasteiger partial charge in [-0.2, -0.15) is 0 Å². The van der Waals surface area contributed by atoms with Gasteiger partial charge in [-0.3, -0.25) is 5.32 Å². The number of hydrogen-bond acceptors (Lipinski definition) is 2. The van der Waals surface area contributed by atoms with Gasteiger partial charge in [-0.1, -0.05) is 54.6 Å². The number of benzene rings is 3. The first-order chi connectivity index (χ1) is 12.3. The molecule has 0 aromatic heterocycles. The van der Waals surface area contributed by atoms with E-state index in [1.165, 1.54) is 0 Å². The van der Waals surface area contributed by atoms with Gasteiger partial charge in [-0.15, -0.1) is 0 Å². The number of hydrogen-bond donors (Lipinski definition) is 3. The molecule has 0 aliphatic rings. The third kappa shape index (κ3) is 5.21. The number of guanidine groups is 1. The molecule has 0 spiro atoms. The van der Waals surface area contributed by atoms with Gasteiger partial charge in [0.2, 0.25) is 5.96 Å². The fourth-order valence-electron chi connectivity index (χ4n) is 2.17. The molecule has 0 fully saturated rings. The van der Waals surface area contributed by atoms with Crippen molar-refractivity contribution >= 4 is 29.1 Å². The van der Waals surface area contributed by atoms with Crippen LogP contribution < -0.4 is 16.0 Å². The quantitative estimate of drug-likeness (QED) is 0.485. The minimum absolute atomic E-state index is 0.339. The smallest absolute Gasteiger partial charge is 0.326 e. The Balaban J connectivity index is 1.76. The lowest BCUT2D eigenvalue weighted by Crippen LogP contribution is -2.38. The third-order valence-corrected chi connectivity index (χ3v) is 3.30. The van der Waals surface area contributed by atoms with Crippen molar-refractivity contribution in [2.45, 2.75) is 0 Å². The molecule has 0 aliphatic heterocycles. The second-order valence-corrected chi connectivity index (χ2v) is 5.23. The van der Waals surface area contributed by atoms with E-state index in [0.29, 0.717) is 11.6 Å². The maximum absolute atomic E-state index is 12.3. The van der Waals surface area contributed by atoms with Crippen molar-refractivity contribution in [1.29, 1.82) is 0 Å². The Labute approximate surface area is 146 Å². The van der Waals surface area contributed by atoms with Crippen LogP contribution in [0.15, 0.2) is 96.0 Å². The van der Waals surface area contributed by atoms with Crippen molar-refractivity contribution in [2.24, 2.45) is 4.99 Å². The third-order valence-electron chi connectivity index (χ3n) is 3.30. The standard InChI is InChI=1S/C20H18N4O/c25-20(23-18-14-8-3-9-15-18)24-19(21-16-10-4-1-5-11-16)22-17-12-6-2-7-13-17/h1-15H,(H3,21,22,23,24,25). The van der Waals surface area contributed by atoms with E-state index in [9.17, 15) is 4.79 Å². The fraction of sp³-hybridized carbons (Fsp3) is 0. The van der Waals surface area contributed by atoms with Crippen LogP contribution in [0.3, 0.4) is 0 Å². The Bertz CT molecular complexity index is 833. The summed E-state index contributed by atoms with van der Waals surface area (Å²) in [6.07, 6.45) is 0. The van der Waals surface area contributed by atoms with E-state index in [-0.39, 0.29) is 6.03 Å². The molecule has 3 rings (SSSR count). The van der Waals surface area contributed by atoms with E-state index < -0.39 is 0 Å². The average Bonchev–Trinajstić information content (AvgIpc) is 2.64. The second-order valence-electron chi connectivity index (χ2n) is 5.23. The minimum Gasteiger partial charge on any atom is -0.326 e. The number of para-hydroxylation sites is 3. The van der Waals surface area contributed by atoms with Gasteiger partial charge >= 0.3 is 6.03 Å². The molecule has 25 heavy (non-hydrogen) atoms. The van der Waals surface area contributed by atoms with Crippen LogP contribution >= 0.6 is 0 Å². The lowest BCUT2D eigenvalue weighted by molar-refractivity contribution is 0.256. The summed E-state index contributed by atoms with van der Waals surface area (Å²) in [7, 11) is 0. The molecule has 3 N–H and O–H groups in total. The van der Waals surface area contributed by atoms with Crippen molar-refractivity contribution < 1.29 is 4.79 Å². The predicted octanol–water partition coefficient (Wildman–Crippen LogP) is 4.61. The summed E-state index contributed by atoms with van der Waals surface area (Å²) in [4.78, 5) is 16.7. The molecule has 0 aliphatic carbocycles. The molecule has 0 bridgehead atoms. The van der Waals surface area contributed by atoms with Crippen molar-refractivity contribution in [3.63, 3.8) is 0 Å². The van der Waals surface area contributed by atoms with E-state index in [0.717, 1.165) is 11.4 Å². The summed E-state index contributed by atoms with van der Waals surface area (Å²) < 4.78 is 0. The van der Waals surface area contributed by atoms with Crippen molar-refractivity contribution in [3.8, 4) is 0 Å². The van der Waals surface area contributed by atoms with Gasteiger partial charge in [-0.05, 0) is 36.4 Å². The number of carbonyl (C=O) groups excluding carboxylic acids is 1. The molecule has 0 saturated heterocycles. The Kier molecular flexibility index (Phi) is 5.40. The van der Waals surface area contributed by atoms with E-state index in [1.807, 2.05) is 91.0 Å². The number of rotatable bonds is 3. The Hall–Kier alpha value is -3.60. The van der Waals surface area contributed by atoms with Crippen LogP contribution in [0, 0.1) is 0 Å². The first-order valence-corrected chi connectivity index (χ1v) is 7.88. The molecule has 3 aromatic carbocycles. The summed E-state index contributed by atoms with van der Waals surface area (Å²) in [5, 5.41) is 8.65. The Morgan fingerprint density at radius 3 is 1.68 bits per heavy atom. The zero-order valence-corrected chi connectivity index (χ0v) is 13.5. The number of anilines is 2. The number of aliphatic imine (C=N–C) groups is 1. The summed E-state index contributed by atoms with van der Waals surface area (Å²) in [5.74, 6) is 0.339. The number of nitrogens with zero attached hydrogens (tertiary/aromatic N) is 1.